The molecule has 4 aromatic rings. The molecule has 3 aromatic heterocycles. The molecule has 4 rings (SSSR count). The molecule has 0 saturated carbocycles. The Morgan fingerprint density at radius 1 is 1.16 bits per heavy atom. The molecule has 12 heteroatoms. The molecule has 0 saturated heterocycles. The molecule has 1 amide bonds. The molecule has 1 N–H and O–H groups in total. The van der Waals surface area contributed by atoms with Gasteiger partial charge in [0.25, 0.3) is 0 Å². The number of nitrogens with zero attached hydrogens (tertiary/aromatic N) is 5. The van der Waals surface area contributed by atoms with Gasteiger partial charge in [-0.05, 0) is 38.8 Å². The molecule has 9 nitrogen and oxygen atoms in total. The van der Waals surface area contributed by atoms with Crippen LogP contribution in [0.2, 0.25) is 5.02 Å². The number of esters is 1. The van der Waals surface area contributed by atoms with Crippen molar-refractivity contribution in [3.05, 3.63) is 62.6 Å². The average Bonchev–Trinajstić information content (AvgIpc) is 3.46. The van der Waals surface area contributed by atoms with Gasteiger partial charge in [0.15, 0.2) is 11.0 Å². The summed E-state index contributed by atoms with van der Waals surface area (Å²) in [6.07, 6.45) is 0. The van der Waals surface area contributed by atoms with Crippen molar-refractivity contribution >= 4 is 51.6 Å². The highest BCUT2D eigenvalue weighted by atomic mass is 35.5. The van der Waals surface area contributed by atoms with E-state index >= 15 is 0 Å². The summed E-state index contributed by atoms with van der Waals surface area (Å²) >= 11 is 9.17. The molecule has 0 aliphatic carbocycles. The number of anilines is 1. The Kier molecular flexibility index (Phi) is 8.35. The number of benzene rings is 1. The molecule has 37 heavy (non-hydrogen) atoms. The monoisotopic (exact) mass is 558 g/mol. The van der Waals surface area contributed by atoms with Gasteiger partial charge in [0.05, 0.1) is 35.2 Å². The van der Waals surface area contributed by atoms with Crippen LogP contribution in [0.15, 0.2) is 35.5 Å². The van der Waals surface area contributed by atoms with E-state index in [4.69, 9.17) is 16.3 Å². The lowest BCUT2D eigenvalue weighted by molar-refractivity contribution is -0.113. The normalized spacial score (nSPS) is 11.1. The summed E-state index contributed by atoms with van der Waals surface area (Å²) in [6, 6.07) is 9.91. The van der Waals surface area contributed by atoms with Gasteiger partial charge >= 0.3 is 5.97 Å². The van der Waals surface area contributed by atoms with Crippen LogP contribution in [0.5, 0.6) is 0 Å². The Balaban J connectivity index is 1.58. The predicted molar refractivity (Wildman–Crippen MR) is 147 cm³/mol. The van der Waals surface area contributed by atoms with E-state index in [0.717, 1.165) is 16.0 Å². The number of halogens is 1. The lowest BCUT2D eigenvalue weighted by Crippen LogP contribution is -2.17. The largest absolute Gasteiger partial charge is 0.462 e. The second-order valence-electron chi connectivity index (χ2n) is 8.29. The smallest absolute Gasteiger partial charge is 0.341 e. The Morgan fingerprint density at radius 2 is 1.89 bits per heavy atom. The van der Waals surface area contributed by atoms with Crippen molar-refractivity contribution in [1.82, 2.24) is 24.5 Å². The summed E-state index contributed by atoms with van der Waals surface area (Å²) in [7, 11) is 1.81. The van der Waals surface area contributed by atoms with Crippen LogP contribution in [0.1, 0.15) is 39.0 Å². The van der Waals surface area contributed by atoms with Gasteiger partial charge in [-0.3, -0.25) is 14.0 Å². The molecule has 0 aliphatic rings. The van der Waals surface area contributed by atoms with Crippen LogP contribution in [0, 0.1) is 20.8 Å². The number of hydrogen-bond acceptors (Lipinski definition) is 8. The summed E-state index contributed by atoms with van der Waals surface area (Å²) in [4.78, 5) is 26.3. The second kappa shape index (κ2) is 11.5. The van der Waals surface area contributed by atoms with Gasteiger partial charge < -0.3 is 10.1 Å². The third-order valence-corrected chi connectivity index (χ3v) is 8.25. The first-order valence-corrected chi connectivity index (χ1v) is 13.8. The second-order valence-corrected chi connectivity index (χ2v) is 10.8. The van der Waals surface area contributed by atoms with Crippen LogP contribution in [0.4, 0.5) is 5.00 Å². The maximum atomic E-state index is 12.9. The van der Waals surface area contributed by atoms with Gasteiger partial charge in [-0.25, -0.2) is 4.79 Å². The van der Waals surface area contributed by atoms with E-state index in [-0.39, 0.29) is 18.3 Å². The lowest BCUT2D eigenvalue weighted by Gasteiger charge is -2.11. The van der Waals surface area contributed by atoms with Gasteiger partial charge in [-0.15, -0.1) is 21.5 Å². The lowest BCUT2D eigenvalue weighted by atomic mass is 10.1. The van der Waals surface area contributed by atoms with Gasteiger partial charge in [0.1, 0.15) is 10.7 Å². The van der Waals surface area contributed by atoms with Crippen LogP contribution in [0.25, 0.3) is 11.5 Å². The molecule has 0 aliphatic heterocycles. The zero-order valence-electron chi connectivity index (χ0n) is 21.2. The van der Waals surface area contributed by atoms with Crippen molar-refractivity contribution in [1.29, 1.82) is 0 Å². The molecule has 3 heterocycles. The van der Waals surface area contributed by atoms with E-state index in [1.165, 1.54) is 23.1 Å². The number of thiophene rings is 1. The molecule has 0 fully saturated rings. The Bertz CT molecular complexity index is 1440. The third-order valence-electron chi connectivity index (χ3n) is 5.71. The van der Waals surface area contributed by atoms with Gasteiger partial charge in [-0.2, -0.15) is 5.10 Å². The molecule has 0 atom stereocenters. The predicted octanol–water partition coefficient (Wildman–Crippen LogP) is 5.27. The van der Waals surface area contributed by atoms with Gasteiger partial charge in [0.2, 0.25) is 5.91 Å². The molecular formula is C25H27ClN6O3S2. The van der Waals surface area contributed by atoms with Crippen molar-refractivity contribution in [2.75, 3.05) is 17.7 Å². The SMILES string of the molecule is CCOC(=O)c1c(NC(=O)CSc2nnc(-c3c(Cl)c(C)nn3C)n2Cc2ccccc2)sc(C)c1C. The van der Waals surface area contributed by atoms with Crippen molar-refractivity contribution in [3.8, 4) is 11.5 Å². The maximum absolute atomic E-state index is 12.9. The summed E-state index contributed by atoms with van der Waals surface area (Å²) in [5.41, 5.74) is 3.61. The number of rotatable bonds is 9. The van der Waals surface area contributed by atoms with Crippen LogP contribution in [-0.2, 0) is 23.1 Å². The summed E-state index contributed by atoms with van der Waals surface area (Å²) in [5, 5.41) is 17.6. The van der Waals surface area contributed by atoms with Crippen LogP contribution >= 0.6 is 34.7 Å². The van der Waals surface area contributed by atoms with Crippen molar-refractivity contribution in [3.63, 3.8) is 0 Å². The highest BCUT2D eigenvalue weighted by Gasteiger charge is 2.24. The van der Waals surface area contributed by atoms with E-state index in [9.17, 15) is 9.59 Å². The topological polar surface area (TPSA) is 104 Å². The summed E-state index contributed by atoms with van der Waals surface area (Å²) in [5.74, 6) is -0.0672. The van der Waals surface area contributed by atoms with Crippen LogP contribution < -0.4 is 5.32 Å². The van der Waals surface area contributed by atoms with Crippen molar-refractivity contribution in [2.45, 2.75) is 39.4 Å². The van der Waals surface area contributed by atoms with E-state index in [2.05, 4.69) is 20.6 Å². The zero-order chi connectivity index (χ0) is 26.7. The Morgan fingerprint density at radius 3 is 2.54 bits per heavy atom. The fourth-order valence-electron chi connectivity index (χ4n) is 3.81. The average molecular weight is 559 g/mol. The number of carbonyl (C=O) groups excluding carboxylic acids is 2. The number of aryl methyl sites for hydroxylation is 3. The molecule has 0 radical (unpaired) electrons. The fraction of sp³-hybridized carbons (Fsp3) is 0.320. The van der Waals surface area contributed by atoms with E-state index in [1.54, 1.807) is 11.6 Å². The van der Waals surface area contributed by atoms with E-state index in [1.807, 2.05) is 62.7 Å². The first-order valence-electron chi connectivity index (χ1n) is 11.6. The Hall–Kier alpha value is -3.15. The molecule has 0 unspecified atom stereocenters. The standard InChI is InChI=1S/C25H27ClN6O3S2/c1-6-35-24(34)19-14(2)16(4)37-23(19)27-18(33)13-36-25-29-28-22(21-20(26)15(3)30-31(21)5)32(25)12-17-10-8-7-9-11-17/h7-11H,6,12-13H2,1-5H3,(H,27,33). The van der Waals surface area contributed by atoms with Gasteiger partial charge in [-0.1, -0.05) is 53.7 Å². The van der Waals surface area contributed by atoms with Crippen LogP contribution in [-0.4, -0.2) is 48.8 Å². The highest BCUT2D eigenvalue weighted by Crippen LogP contribution is 2.34. The minimum Gasteiger partial charge on any atom is -0.462 e. The highest BCUT2D eigenvalue weighted by molar-refractivity contribution is 7.99. The third kappa shape index (κ3) is 5.73. The molecule has 0 spiro atoms. The van der Waals surface area contributed by atoms with E-state index in [0.29, 0.717) is 44.5 Å². The minimum atomic E-state index is -0.442. The number of nitrogens with one attached hydrogen (secondary N) is 1. The quantitative estimate of drug-likeness (QED) is 0.220. The Labute approximate surface area is 228 Å². The number of thioether (sulfide) groups is 1. The van der Waals surface area contributed by atoms with Gasteiger partial charge in [0, 0.05) is 11.9 Å². The number of hydrogen-bond donors (Lipinski definition) is 1. The maximum Gasteiger partial charge on any atom is 0.341 e. The first-order chi connectivity index (χ1) is 17.7. The summed E-state index contributed by atoms with van der Waals surface area (Å²) < 4.78 is 8.80. The van der Waals surface area contributed by atoms with Crippen molar-refractivity contribution in [2.24, 2.45) is 7.05 Å². The fourth-order valence-corrected chi connectivity index (χ4v) is 5.86. The first kappa shape index (κ1) is 26.9. The summed E-state index contributed by atoms with van der Waals surface area (Å²) in [6.45, 7) is 8.09. The number of aromatic nitrogens is 5. The number of amides is 1. The molecule has 194 valence electrons. The van der Waals surface area contributed by atoms with E-state index < -0.39 is 5.97 Å². The number of carbonyl (C=O) groups is 2. The van der Waals surface area contributed by atoms with Crippen LogP contribution in [0.3, 0.4) is 0 Å². The molecular weight excluding hydrogens is 532 g/mol. The molecule has 0 bridgehead atoms. The number of ether oxygens (including phenoxy) is 1. The van der Waals surface area contributed by atoms with Crippen molar-refractivity contribution < 1.29 is 14.3 Å². The molecule has 1 aromatic carbocycles. The minimum absolute atomic E-state index is 0.0727. The zero-order valence-corrected chi connectivity index (χ0v) is 23.6.